The minimum Gasteiger partial charge on any atom is -0.379 e. The number of nitriles is 1. The summed E-state index contributed by atoms with van der Waals surface area (Å²) in [6, 6.07) is 8.29. The minimum atomic E-state index is -3.69. The number of carbonyl (C=O) groups is 1. The monoisotopic (exact) mass is 445 g/mol. The molecule has 0 bridgehead atoms. The van der Waals surface area contributed by atoms with E-state index in [9.17, 15) is 18.5 Å². The molecule has 9 heteroatoms. The smallest absolute Gasteiger partial charge is 0.256 e. The van der Waals surface area contributed by atoms with Crippen molar-refractivity contribution in [3.63, 3.8) is 0 Å². The fourth-order valence-corrected chi connectivity index (χ4v) is 6.55. The molecular weight excluding hydrogens is 422 g/mol. The number of nitrogens with zero attached hydrogens (tertiary/aromatic N) is 2. The molecule has 1 N–H and O–H groups in total. The maximum Gasteiger partial charge on any atom is 0.256 e. The van der Waals surface area contributed by atoms with E-state index < -0.39 is 15.9 Å². The molecule has 1 amide bonds. The third-order valence-corrected chi connectivity index (χ3v) is 8.57. The van der Waals surface area contributed by atoms with E-state index in [1.807, 2.05) is 0 Å². The van der Waals surface area contributed by atoms with Crippen molar-refractivity contribution >= 4 is 32.3 Å². The van der Waals surface area contributed by atoms with Crippen LogP contribution in [0.25, 0.3) is 0 Å². The lowest BCUT2D eigenvalue weighted by molar-refractivity contribution is 0.0730. The van der Waals surface area contributed by atoms with Gasteiger partial charge >= 0.3 is 0 Å². The lowest BCUT2D eigenvalue weighted by atomic mass is 10.1. The van der Waals surface area contributed by atoms with Crippen LogP contribution in [0, 0.1) is 11.3 Å². The van der Waals surface area contributed by atoms with Crippen LogP contribution >= 0.6 is 11.3 Å². The average molecular weight is 446 g/mol. The Morgan fingerprint density at radius 1 is 1.17 bits per heavy atom. The van der Waals surface area contributed by atoms with E-state index in [4.69, 9.17) is 4.74 Å². The van der Waals surface area contributed by atoms with E-state index >= 15 is 0 Å². The van der Waals surface area contributed by atoms with Gasteiger partial charge in [0.1, 0.15) is 11.1 Å². The number of morpholine rings is 1. The fraction of sp³-hybridized carbons (Fsp3) is 0.429. The number of hydrogen-bond donors (Lipinski definition) is 1. The molecule has 30 heavy (non-hydrogen) atoms. The second-order valence-electron chi connectivity index (χ2n) is 7.38. The summed E-state index contributed by atoms with van der Waals surface area (Å²) < 4.78 is 32.4. The van der Waals surface area contributed by atoms with Gasteiger partial charge in [-0.3, -0.25) is 4.79 Å². The summed E-state index contributed by atoms with van der Waals surface area (Å²) in [4.78, 5) is 14.1. The van der Waals surface area contributed by atoms with Gasteiger partial charge in [0.25, 0.3) is 5.91 Å². The first kappa shape index (κ1) is 21.0. The van der Waals surface area contributed by atoms with Crippen molar-refractivity contribution < 1.29 is 17.9 Å². The lowest BCUT2D eigenvalue weighted by Gasteiger charge is -2.26. The highest BCUT2D eigenvalue weighted by Crippen LogP contribution is 2.37. The van der Waals surface area contributed by atoms with Crippen LogP contribution in [0.5, 0.6) is 0 Å². The quantitative estimate of drug-likeness (QED) is 0.729. The van der Waals surface area contributed by atoms with Crippen LogP contribution in [-0.2, 0) is 27.6 Å². The van der Waals surface area contributed by atoms with Crippen molar-refractivity contribution in [2.24, 2.45) is 0 Å². The summed E-state index contributed by atoms with van der Waals surface area (Å²) in [5.41, 5.74) is 1.85. The molecule has 1 aromatic carbocycles. The standard InChI is InChI=1S/C21H23N3O4S2/c22-14-18-17-7-2-1-3-8-19(17)29-21(18)23-20(25)15-5-4-6-16(13-15)30(26,27)24-9-11-28-12-10-24/h4-6,13H,1-3,7-12H2,(H,23,25). The zero-order chi connectivity index (χ0) is 21.1. The number of fused-ring (bicyclic) bond motifs is 1. The first-order valence-corrected chi connectivity index (χ1v) is 12.3. The molecule has 0 spiro atoms. The second-order valence-corrected chi connectivity index (χ2v) is 10.4. The zero-order valence-corrected chi connectivity index (χ0v) is 18.2. The van der Waals surface area contributed by atoms with Crippen LogP contribution in [0.2, 0.25) is 0 Å². The number of rotatable bonds is 4. The largest absolute Gasteiger partial charge is 0.379 e. The molecule has 0 radical (unpaired) electrons. The van der Waals surface area contributed by atoms with E-state index in [1.165, 1.54) is 32.7 Å². The molecular formula is C21H23N3O4S2. The first-order valence-electron chi connectivity index (χ1n) is 10.0. The molecule has 1 fully saturated rings. The molecule has 0 saturated carbocycles. The normalized spacial score (nSPS) is 17.6. The van der Waals surface area contributed by atoms with Crippen LogP contribution in [0.4, 0.5) is 5.00 Å². The second kappa shape index (κ2) is 8.86. The third kappa shape index (κ3) is 4.14. The van der Waals surface area contributed by atoms with Gasteiger partial charge in [0.2, 0.25) is 10.0 Å². The predicted octanol–water partition coefficient (Wildman–Crippen LogP) is 3.16. The van der Waals surface area contributed by atoms with Crippen LogP contribution in [-0.4, -0.2) is 44.9 Å². The van der Waals surface area contributed by atoms with Crippen molar-refractivity contribution in [1.82, 2.24) is 4.31 Å². The van der Waals surface area contributed by atoms with Gasteiger partial charge in [-0.2, -0.15) is 9.57 Å². The van der Waals surface area contributed by atoms with Crippen LogP contribution in [0.1, 0.15) is 45.6 Å². The molecule has 2 aliphatic rings. The SMILES string of the molecule is N#Cc1c(NC(=O)c2cccc(S(=O)(=O)N3CCOCC3)c2)sc2c1CCCCC2. The number of amides is 1. The van der Waals surface area contributed by atoms with Gasteiger partial charge < -0.3 is 10.1 Å². The highest BCUT2D eigenvalue weighted by atomic mass is 32.2. The fourth-order valence-electron chi connectivity index (χ4n) is 3.86. The van der Waals surface area contributed by atoms with Crippen molar-refractivity contribution in [2.75, 3.05) is 31.6 Å². The Bertz CT molecular complexity index is 1100. The van der Waals surface area contributed by atoms with Crippen molar-refractivity contribution in [1.29, 1.82) is 5.26 Å². The lowest BCUT2D eigenvalue weighted by Crippen LogP contribution is -2.40. The Labute approximate surface area is 180 Å². The van der Waals surface area contributed by atoms with Crippen LogP contribution < -0.4 is 5.32 Å². The highest BCUT2D eigenvalue weighted by molar-refractivity contribution is 7.89. The molecule has 0 unspecified atom stereocenters. The molecule has 7 nitrogen and oxygen atoms in total. The average Bonchev–Trinajstić information content (AvgIpc) is 2.93. The Balaban J connectivity index is 1.58. The Morgan fingerprint density at radius 3 is 2.70 bits per heavy atom. The van der Waals surface area contributed by atoms with Gasteiger partial charge in [-0.05, 0) is 49.4 Å². The summed E-state index contributed by atoms with van der Waals surface area (Å²) in [6.07, 6.45) is 5.08. The number of ether oxygens (including phenoxy) is 1. The molecule has 0 atom stereocenters. The maximum atomic E-state index is 12.9. The van der Waals surface area contributed by atoms with Crippen molar-refractivity contribution in [3.8, 4) is 6.07 Å². The van der Waals surface area contributed by atoms with E-state index in [2.05, 4.69) is 11.4 Å². The molecule has 2 aromatic rings. The topological polar surface area (TPSA) is 99.5 Å². The van der Waals surface area contributed by atoms with E-state index in [1.54, 1.807) is 12.1 Å². The molecule has 2 heterocycles. The number of sulfonamides is 1. The van der Waals surface area contributed by atoms with E-state index in [0.29, 0.717) is 36.9 Å². The molecule has 158 valence electrons. The summed E-state index contributed by atoms with van der Waals surface area (Å²) in [5, 5.41) is 13.0. The van der Waals surface area contributed by atoms with Gasteiger partial charge in [0, 0.05) is 23.5 Å². The summed E-state index contributed by atoms with van der Waals surface area (Å²) >= 11 is 1.46. The minimum absolute atomic E-state index is 0.0829. The van der Waals surface area contributed by atoms with E-state index in [-0.39, 0.29) is 10.5 Å². The zero-order valence-electron chi connectivity index (χ0n) is 16.5. The third-order valence-electron chi connectivity index (χ3n) is 5.46. The van der Waals surface area contributed by atoms with Gasteiger partial charge in [0.05, 0.1) is 23.7 Å². The number of thiophene rings is 1. The number of benzene rings is 1. The Kier molecular flexibility index (Phi) is 6.20. The number of anilines is 1. The van der Waals surface area contributed by atoms with Gasteiger partial charge in [0.15, 0.2) is 0 Å². The summed E-state index contributed by atoms with van der Waals surface area (Å²) in [6.45, 7) is 1.31. The molecule has 1 aliphatic carbocycles. The summed E-state index contributed by atoms with van der Waals surface area (Å²) in [5.74, 6) is -0.415. The first-order chi connectivity index (χ1) is 14.5. The van der Waals surface area contributed by atoms with Gasteiger partial charge in [-0.15, -0.1) is 11.3 Å². The number of carbonyl (C=O) groups excluding carboxylic acids is 1. The van der Waals surface area contributed by atoms with Crippen molar-refractivity contribution in [2.45, 2.75) is 37.0 Å². The van der Waals surface area contributed by atoms with Crippen LogP contribution in [0.3, 0.4) is 0 Å². The Morgan fingerprint density at radius 2 is 1.93 bits per heavy atom. The van der Waals surface area contributed by atoms with Gasteiger partial charge in [-0.1, -0.05) is 12.5 Å². The van der Waals surface area contributed by atoms with Crippen LogP contribution in [0.15, 0.2) is 29.2 Å². The number of hydrogen-bond acceptors (Lipinski definition) is 6. The number of nitrogens with one attached hydrogen (secondary N) is 1. The van der Waals surface area contributed by atoms with Crippen molar-refractivity contribution in [3.05, 3.63) is 45.8 Å². The number of aryl methyl sites for hydroxylation is 1. The maximum absolute atomic E-state index is 12.9. The van der Waals surface area contributed by atoms with Gasteiger partial charge in [-0.25, -0.2) is 8.42 Å². The molecule has 1 aliphatic heterocycles. The predicted molar refractivity (Wildman–Crippen MR) is 114 cm³/mol. The molecule has 4 rings (SSSR count). The molecule has 1 saturated heterocycles. The van der Waals surface area contributed by atoms with E-state index in [0.717, 1.165) is 37.7 Å². The summed E-state index contributed by atoms with van der Waals surface area (Å²) in [7, 11) is -3.69. The Hall–Kier alpha value is -2.25. The highest BCUT2D eigenvalue weighted by Gasteiger charge is 2.27. The molecule has 1 aromatic heterocycles.